The molecular formula is C17H19ClF3N3O. The average molecular weight is 374 g/mol. The number of nitrogens with one attached hydrogen (secondary N) is 1. The molecule has 0 spiro atoms. The number of rotatable bonds is 7. The van der Waals surface area contributed by atoms with Crippen LogP contribution in [0.25, 0.3) is 5.69 Å². The second kappa shape index (κ2) is 8.38. The van der Waals surface area contributed by atoms with Crippen LogP contribution in [0.4, 0.5) is 13.2 Å². The van der Waals surface area contributed by atoms with Crippen LogP contribution in [0.15, 0.2) is 30.5 Å². The Bertz CT molecular complexity index is 711. The number of aromatic nitrogens is 2. The summed E-state index contributed by atoms with van der Waals surface area (Å²) in [5, 5.41) is 6.68. The molecule has 4 nitrogen and oxygen atoms in total. The lowest BCUT2D eigenvalue weighted by atomic mass is 10.2. The van der Waals surface area contributed by atoms with E-state index >= 15 is 0 Å². The molecule has 2 aromatic rings. The number of halogens is 4. The minimum atomic E-state index is -4.72. The van der Waals surface area contributed by atoms with Crippen LogP contribution in [0.5, 0.6) is 0 Å². The molecule has 8 heteroatoms. The fraction of sp³-hybridized carbons (Fsp3) is 0.412. The lowest BCUT2D eigenvalue weighted by Gasteiger charge is -2.13. The monoisotopic (exact) mass is 373 g/mol. The highest BCUT2D eigenvalue weighted by atomic mass is 35.5. The van der Waals surface area contributed by atoms with Gasteiger partial charge >= 0.3 is 6.18 Å². The SMILES string of the molecule is CCCCCCNC(=O)c1cnn(-c2ccc(Cl)cc2)c1C(F)(F)F. The summed E-state index contributed by atoms with van der Waals surface area (Å²) in [7, 11) is 0. The van der Waals surface area contributed by atoms with Crippen LogP contribution in [-0.4, -0.2) is 22.2 Å². The largest absolute Gasteiger partial charge is 0.434 e. The van der Waals surface area contributed by atoms with Gasteiger partial charge in [-0.15, -0.1) is 0 Å². The normalized spacial score (nSPS) is 11.6. The van der Waals surface area contributed by atoms with Gasteiger partial charge in [-0.25, -0.2) is 4.68 Å². The lowest BCUT2D eigenvalue weighted by molar-refractivity contribution is -0.143. The van der Waals surface area contributed by atoms with E-state index in [1.807, 2.05) is 0 Å². The summed E-state index contributed by atoms with van der Waals surface area (Å²) in [6.07, 6.45) is -0.0543. The molecule has 0 saturated carbocycles. The topological polar surface area (TPSA) is 46.9 Å². The van der Waals surface area contributed by atoms with Crippen LogP contribution in [0.2, 0.25) is 5.02 Å². The van der Waals surface area contributed by atoms with Gasteiger partial charge in [0.1, 0.15) is 0 Å². The number of carbonyl (C=O) groups is 1. The van der Waals surface area contributed by atoms with Crippen molar-refractivity contribution in [1.82, 2.24) is 15.1 Å². The highest BCUT2D eigenvalue weighted by molar-refractivity contribution is 6.30. The Morgan fingerprint density at radius 3 is 2.48 bits per heavy atom. The highest BCUT2D eigenvalue weighted by Gasteiger charge is 2.40. The van der Waals surface area contributed by atoms with E-state index in [2.05, 4.69) is 17.3 Å². The Morgan fingerprint density at radius 2 is 1.88 bits per heavy atom. The first-order valence-electron chi connectivity index (χ1n) is 8.04. The first kappa shape index (κ1) is 19.3. The lowest BCUT2D eigenvalue weighted by Crippen LogP contribution is -2.27. The third-order valence-electron chi connectivity index (χ3n) is 3.67. The minimum Gasteiger partial charge on any atom is -0.352 e. The molecular weight excluding hydrogens is 355 g/mol. The minimum absolute atomic E-state index is 0.179. The molecule has 0 aliphatic carbocycles. The number of amides is 1. The van der Waals surface area contributed by atoms with Crippen molar-refractivity contribution in [3.05, 3.63) is 46.7 Å². The highest BCUT2D eigenvalue weighted by Crippen LogP contribution is 2.33. The predicted molar refractivity (Wildman–Crippen MR) is 90.1 cm³/mol. The second-order valence-corrected chi connectivity index (χ2v) is 6.05. The van der Waals surface area contributed by atoms with Gasteiger partial charge in [0.05, 0.1) is 17.4 Å². The van der Waals surface area contributed by atoms with E-state index in [4.69, 9.17) is 11.6 Å². The third-order valence-corrected chi connectivity index (χ3v) is 3.92. The van der Waals surface area contributed by atoms with E-state index in [1.165, 1.54) is 24.3 Å². The van der Waals surface area contributed by atoms with Crippen LogP contribution < -0.4 is 5.32 Å². The van der Waals surface area contributed by atoms with Gasteiger partial charge in [-0.05, 0) is 30.7 Å². The Labute approximate surface area is 149 Å². The zero-order valence-electron chi connectivity index (χ0n) is 13.7. The smallest absolute Gasteiger partial charge is 0.352 e. The predicted octanol–water partition coefficient (Wildman–Crippen LogP) is 4.85. The fourth-order valence-corrected chi connectivity index (χ4v) is 2.54. The number of hydrogen-bond acceptors (Lipinski definition) is 2. The molecule has 2 rings (SSSR count). The molecule has 0 radical (unpaired) electrons. The van der Waals surface area contributed by atoms with E-state index in [0.717, 1.165) is 31.9 Å². The van der Waals surface area contributed by atoms with Gasteiger partial charge in [-0.1, -0.05) is 37.8 Å². The van der Waals surface area contributed by atoms with Gasteiger partial charge < -0.3 is 5.32 Å². The number of hydrogen-bond donors (Lipinski definition) is 1. The number of unbranched alkanes of at least 4 members (excludes halogenated alkanes) is 3. The first-order valence-corrected chi connectivity index (χ1v) is 8.41. The van der Waals surface area contributed by atoms with Crippen molar-refractivity contribution in [2.75, 3.05) is 6.54 Å². The van der Waals surface area contributed by atoms with Gasteiger partial charge in [0, 0.05) is 11.6 Å². The Kier molecular flexibility index (Phi) is 6.47. The summed E-state index contributed by atoms with van der Waals surface area (Å²) in [5.74, 6) is -0.774. The molecule has 1 amide bonds. The van der Waals surface area contributed by atoms with E-state index in [1.54, 1.807) is 0 Å². The average Bonchev–Trinajstić information content (AvgIpc) is 3.00. The van der Waals surface area contributed by atoms with E-state index < -0.39 is 23.3 Å². The maximum atomic E-state index is 13.5. The maximum Gasteiger partial charge on any atom is 0.434 e. The Balaban J connectivity index is 2.24. The standard InChI is InChI=1S/C17H19ClF3N3O/c1-2-3-4-5-10-22-16(25)14-11-23-24(15(14)17(19,20)21)13-8-6-12(18)7-9-13/h6-9,11H,2-5,10H2,1H3,(H,22,25). The zero-order chi connectivity index (χ0) is 18.4. The number of nitrogens with zero attached hydrogens (tertiary/aromatic N) is 2. The van der Waals surface area contributed by atoms with Crippen LogP contribution in [0.3, 0.4) is 0 Å². The van der Waals surface area contributed by atoms with Crippen molar-refractivity contribution in [1.29, 1.82) is 0 Å². The molecule has 25 heavy (non-hydrogen) atoms. The maximum absolute atomic E-state index is 13.5. The second-order valence-electron chi connectivity index (χ2n) is 5.61. The quantitative estimate of drug-likeness (QED) is 0.705. The first-order chi connectivity index (χ1) is 11.8. The molecule has 0 atom stereocenters. The van der Waals surface area contributed by atoms with Crippen molar-refractivity contribution in [2.24, 2.45) is 0 Å². The summed E-state index contributed by atoms with van der Waals surface area (Å²) in [5.41, 5.74) is -1.41. The molecule has 1 N–H and O–H groups in total. The van der Waals surface area contributed by atoms with Crippen molar-refractivity contribution in [2.45, 2.75) is 38.8 Å². The summed E-state index contributed by atoms with van der Waals surface area (Å²) in [6.45, 7) is 2.39. The molecule has 0 unspecified atom stereocenters. The summed E-state index contributed by atoms with van der Waals surface area (Å²) >= 11 is 5.76. The number of carbonyl (C=O) groups excluding carboxylic acids is 1. The van der Waals surface area contributed by atoms with Crippen LogP contribution >= 0.6 is 11.6 Å². The van der Waals surface area contributed by atoms with Crippen LogP contribution in [-0.2, 0) is 6.18 Å². The van der Waals surface area contributed by atoms with Crippen LogP contribution in [0, 0.1) is 0 Å². The van der Waals surface area contributed by atoms with Crippen molar-refractivity contribution < 1.29 is 18.0 Å². The molecule has 1 heterocycles. The summed E-state index contributed by atoms with van der Waals surface area (Å²) in [4.78, 5) is 12.2. The van der Waals surface area contributed by atoms with Gasteiger partial charge in [-0.3, -0.25) is 4.79 Å². The van der Waals surface area contributed by atoms with E-state index in [9.17, 15) is 18.0 Å². The van der Waals surface area contributed by atoms with Crippen molar-refractivity contribution in [3.63, 3.8) is 0 Å². The molecule has 1 aromatic carbocycles. The fourth-order valence-electron chi connectivity index (χ4n) is 2.41. The van der Waals surface area contributed by atoms with Crippen LogP contribution in [0.1, 0.15) is 48.7 Å². The van der Waals surface area contributed by atoms with E-state index in [-0.39, 0.29) is 5.69 Å². The van der Waals surface area contributed by atoms with Crippen molar-refractivity contribution >= 4 is 17.5 Å². The zero-order valence-corrected chi connectivity index (χ0v) is 14.5. The third kappa shape index (κ3) is 4.98. The summed E-state index contributed by atoms with van der Waals surface area (Å²) in [6, 6.07) is 5.76. The Hall–Kier alpha value is -2.02. The molecule has 0 bridgehead atoms. The molecule has 1 aromatic heterocycles. The molecule has 0 saturated heterocycles. The van der Waals surface area contributed by atoms with Crippen molar-refractivity contribution in [3.8, 4) is 5.69 Å². The van der Waals surface area contributed by atoms with E-state index in [0.29, 0.717) is 16.2 Å². The summed E-state index contributed by atoms with van der Waals surface area (Å²) < 4.78 is 41.2. The Morgan fingerprint density at radius 1 is 1.20 bits per heavy atom. The van der Waals surface area contributed by atoms with Gasteiger partial charge in [-0.2, -0.15) is 18.3 Å². The van der Waals surface area contributed by atoms with Gasteiger partial charge in [0.2, 0.25) is 0 Å². The molecule has 0 aliphatic rings. The number of benzene rings is 1. The molecule has 0 aliphatic heterocycles. The van der Waals surface area contributed by atoms with Gasteiger partial charge in [0.25, 0.3) is 5.91 Å². The molecule has 0 fully saturated rings. The molecule has 136 valence electrons. The number of alkyl halides is 3. The van der Waals surface area contributed by atoms with Gasteiger partial charge in [0.15, 0.2) is 5.69 Å².